The fraction of sp³-hybridized carbons (Fsp3) is 0.250. The zero-order chi connectivity index (χ0) is 22.5. The number of amides is 2. The van der Waals surface area contributed by atoms with Crippen LogP contribution in [0.1, 0.15) is 13.3 Å². The molecule has 2 heterocycles. The molecule has 1 aliphatic rings. The second-order valence-electron chi connectivity index (χ2n) is 6.53. The molecular formula is C20H18FN3O7. The quantitative estimate of drug-likeness (QED) is 0.682. The van der Waals surface area contributed by atoms with Crippen LogP contribution in [0.3, 0.4) is 0 Å². The Kier molecular flexibility index (Phi) is 6.43. The van der Waals surface area contributed by atoms with E-state index in [1.54, 1.807) is 24.3 Å². The van der Waals surface area contributed by atoms with Crippen LogP contribution in [0.5, 0.6) is 11.5 Å². The third kappa shape index (κ3) is 4.77. The van der Waals surface area contributed by atoms with E-state index >= 15 is 0 Å². The van der Waals surface area contributed by atoms with Crippen LogP contribution in [0.25, 0.3) is 0 Å². The number of rotatable bonds is 7. The Labute approximate surface area is 175 Å². The minimum Gasteiger partial charge on any atom is -0.481 e. The summed E-state index contributed by atoms with van der Waals surface area (Å²) in [5.41, 5.74) is 0.706. The van der Waals surface area contributed by atoms with Crippen LogP contribution in [-0.4, -0.2) is 52.7 Å². The Balaban J connectivity index is 1.77. The number of benzene rings is 1. The average molecular weight is 431 g/mol. The van der Waals surface area contributed by atoms with Gasteiger partial charge in [-0.2, -0.15) is 0 Å². The van der Waals surface area contributed by atoms with Crippen molar-refractivity contribution in [2.24, 2.45) is 0 Å². The highest BCUT2D eigenvalue weighted by atomic mass is 19.1. The van der Waals surface area contributed by atoms with Crippen LogP contribution in [0.2, 0.25) is 0 Å². The highest BCUT2D eigenvalue weighted by molar-refractivity contribution is 6.02. The molecular weight excluding hydrogens is 413 g/mol. The predicted molar refractivity (Wildman–Crippen MR) is 104 cm³/mol. The third-order valence-corrected chi connectivity index (χ3v) is 4.37. The highest BCUT2D eigenvalue weighted by Gasteiger charge is 2.33. The number of nitrogens with zero attached hydrogens (tertiary/aromatic N) is 2. The lowest BCUT2D eigenvalue weighted by Crippen LogP contribution is -2.48. The number of hydrogen-bond acceptors (Lipinski definition) is 7. The van der Waals surface area contributed by atoms with Crippen LogP contribution in [0.4, 0.5) is 20.6 Å². The van der Waals surface area contributed by atoms with Gasteiger partial charge in [-0.05, 0) is 25.1 Å². The van der Waals surface area contributed by atoms with Gasteiger partial charge < -0.3 is 19.9 Å². The number of carboxylic acid groups (broad SMARTS) is 1. The van der Waals surface area contributed by atoms with E-state index in [9.17, 15) is 23.6 Å². The van der Waals surface area contributed by atoms with E-state index in [1.165, 1.54) is 30.3 Å². The summed E-state index contributed by atoms with van der Waals surface area (Å²) in [6.45, 7) is -0.202. The van der Waals surface area contributed by atoms with Gasteiger partial charge in [0.25, 0.3) is 5.91 Å². The zero-order valence-electron chi connectivity index (χ0n) is 16.3. The van der Waals surface area contributed by atoms with Gasteiger partial charge >= 0.3 is 12.1 Å². The van der Waals surface area contributed by atoms with E-state index in [2.05, 4.69) is 10.3 Å². The van der Waals surface area contributed by atoms with E-state index in [1.807, 2.05) is 0 Å². The first-order chi connectivity index (χ1) is 14.8. The van der Waals surface area contributed by atoms with Crippen molar-refractivity contribution in [1.29, 1.82) is 0 Å². The molecule has 2 N–H and O–H groups in total. The molecule has 0 aliphatic carbocycles. The lowest BCUT2D eigenvalue weighted by molar-refractivity contribution is -0.141. The van der Waals surface area contributed by atoms with Crippen LogP contribution in [0, 0.1) is 0 Å². The van der Waals surface area contributed by atoms with Crippen molar-refractivity contribution in [3.05, 3.63) is 42.7 Å². The van der Waals surface area contributed by atoms with Crippen molar-refractivity contribution in [2.45, 2.75) is 25.5 Å². The number of anilines is 2. The van der Waals surface area contributed by atoms with Crippen molar-refractivity contribution in [1.82, 2.24) is 10.3 Å². The van der Waals surface area contributed by atoms with E-state index in [-0.39, 0.29) is 0 Å². The molecule has 0 saturated carbocycles. The van der Waals surface area contributed by atoms with Crippen LogP contribution >= 0.6 is 0 Å². The molecule has 1 aliphatic heterocycles. The number of para-hydroxylation sites is 2. The smallest absolute Gasteiger partial charge is 0.419 e. The number of aliphatic carboxylic acids is 1. The Morgan fingerprint density at radius 1 is 1.19 bits per heavy atom. The fourth-order valence-corrected chi connectivity index (χ4v) is 2.87. The zero-order valence-corrected chi connectivity index (χ0v) is 16.3. The largest absolute Gasteiger partial charge is 0.481 e. The van der Waals surface area contributed by atoms with Crippen molar-refractivity contribution in [3.63, 3.8) is 0 Å². The number of carbonyl (C=O) groups excluding carboxylic acids is 3. The van der Waals surface area contributed by atoms with E-state index in [0.29, 0.717) is 22.9 Å². The minimum absolute atomic E-state index is 0.297. The van der Waals surface area contributed by atoms with Crippen molar-refractivity contribution >= 4 is 35.1 Å². The van der Waals surface area contributed by atoms with Gasteiger partial charge in [0.2, 0.25) is 0 Å². The maximum Gasteiger partial charge on any atom is 0.419 e. The molecule has 162 valence electrons. The summed E-state index contributed by atoms with van der Waals surface area (Å²) in [6, 6.07) is 6.61. The molecule has 0 saturated heterocycles. The lowest BCUT2D eigenvalue weighted by atomic mass is 10.1. The SMILES string of the molecule is CC(OC(=O)N1c2ccccc2Oc2cnccc21)C(=O)NC(CC(=O)O)C(=O)CF. The lowest BCUT2D eigenvalue weighted by Gasteiger charge is -2.30. The normalized spacial score (nSPS) is 13.7. The number of Topliss-reactive ketones (excluding diaryl/α,β-unsaturated/α-hetero) is 1. The molecule has 1 aromatic carbocycles. The summed E-state index contributed by atoms with van der Waals surface area (Å²) in [7, 11) is 0. The summed E-state index contributed by atoms with van der Waals surface area (Å²) < 4.78 is 23.6. The Bertz CT molecular complexity index is 984. The topological polar surface area (TPSA) is 135 Å². The van der Waals surface area contributed by atoms with Gasteiger partial charge in [0, 0.05) is 6.20 Å². The van der Waals surface area contributed by atoms with E-state index in [4.69, 9.17) is 14.6 Å². The van der Waals surface area contributed by atoms with Crippen LogP contribution in [0.15, 0.2) is 42.7 Å². The summed E-state index contributed by atoms with van der Waals surface area (Å²) >= 11 is 0. The molecule has 31 heavy (non-hydrogen) atoms. The van der Waals surface area contributed by atoms with Crippen molar-refractivity contribution in [2.75, 3.05) is 11.6 Å². The molecule has 2 atom stereocenters. The van der Waals surface area contributed by atoms with Gasteiger partial charge in [-0.25, -0.2) is 14.1 Å². The maximum atomic E-state index is 12.9. The van der Waals surface area contributed by atoms with E-state index in [0.717, 1.165) is 0 Å². The fourth-order valence-electron chi connectivity index (χ4n) is 2.87. The molecule has 0 radical (unpaired) electrons. The summed E-state index contributed by atoms with van der Waals surface area (Å²) in [4.78, 5) is 52.9. The van der Waals surface area contributed by atoms with Gasteiger partial charge in [-0.1, -0.05) is 12.1 Å². The van der Waals surface area contributed by atoms with Crippen LogP contribution < -0.4 is 15.0 Å². The molecule has 2 amide bonds. The van der Waals surface area contributed by atoms with Crippen molar-refractivity contribution < 1.29 is 38.1 Å². The summed E-state index contributed by atoms with van der Waals surface area (Å²) in [6.07, 6.45) is -0.257. The number of carboxylic acids is 1. The number of ketones is 1. The number of fused-ring (bicyclic) bond motifs is 2. The number of pyridine rings is 1. The first-order valence-electron chi connectivity index (χ1n) is 9.14. The number of nitrogens with one attached hydrogen (secondary N) is 1. The average Bonchev–Trinajstić information content (AvgIpc) is 2.75. The summed E-state index contributed by atoms with van der Waals surface area (Å²) in [5, 5.41) is 11.0. The van der Waals surface area contributed by atoms with Gasteiger partial charge in [-0.15, -0.1) is 0 Å². The monoisotopic (exact) mass is 431 g/mol. The Hall–Kier alpha value is -4.02. The standard InChI is InChI=1S/C20H18FN3O7/c1-11(19(28)23-12(8-18(26)27)15(25)9-21)30-20(29)24-13-4-2-3-5-16(13)31-17-10-22-7-6-14(17)24/h2-7,10-12H,8-9H2,1H3,(H,23,28)(H,26,27). The summed E-state index contributed by atoms with van der Waals surface area (Å²) in [5.74, 6) is -2.78. The number of ether oxygens (including phenoxy) is 2. The predicted octanol–water partition coefficient (Wildman–Crippen LogP) is 2.35. The number of aromatic nitrogens is 1. The minimum atomic E-state index is -1.58. The molecule has 11 heteroatoms. The molecule has 0 bridgehead atoms. The Morgan fingerprint density at radius 3 is 2.61 bits per heavy atom. The first kappa shape index (κ1) is 21.7. The molecule has 2 aromatic rings. The Morgan fingerprint density at radius 2 is 1.90 bits per heavy atom. The van der Waals surface area contributed by atoms with Crippen LogP contribution in [-0.2, 0) is 19.1 Å². The van der Waals surface area contributed by atoms with Gasteiger partial charge in [0.1, 0.15) is 12.7 Å². The number of hydrogen-bond donors (Lipinski definition) is 2. The van der Waals surface area contributed by atoms with E-state index < -0.39 is 49.0 Å². The highest BCUT2D eigenvalue weighted by Crippen LogP contribution is 2.46. The third-order valence-electron chi connectivity index (χ3n) is 4.37. The number of carbonyl (C=O) groups is 4. The molecule has 0 spiro atoms. The van der Waals surface area contributed by atoms with Gasteiger partial charge in [0.15, 0.2) is 23.4 Å². The second-order valence-corrected chi connectivity index (χ2v) is 6.53. The molecule has 10 nitrogen and oxygen atoms in total. The maximum absolute atomic E-state index is 12.9. The molecule has 2 unspecified atom stereocenters. The first-order valence-corrected chi connectivity index (χ1v) is 9.14. The van der Waals surface area contributed by atoms with Gasteiger partial charge in [-0.3, -0.25) is 19.4 Å². The molecule has 0 fully saturated rings. The van der Waals surface area contributed by atoms with Gasteiger partial charge in [0.05, 0.1) is 24.0 Å². The number of alkyl halides is 1. The second kappa shape index (κ2) is 9.20. The molecule has 1 aromatic heterocycles. The molecule has 3 rings (SSSR count). The van der Waals surface area contributed by atoms with Crippen molar-refractivity contribution in [3.8, 4) is 11.5 Å². The number of halogens is 1.